The SMILES string of the molecule is BrC(Br)c1ccc(Cn2cc[n+](Cc3ccccc3)c2)cc1.F[P-](F)(F)(F)(F)F. The first kappa shape index (κ1) is 23.9. The molecule has 0 aliphatic heterocycles. The second-order valence-corrected chi connectivity index (χ2v) is 11.2. The minimum absolute atomic E-state index is 0.216. The molecule has 0 atom stereocenters. The summed E-state index contributed by atoms with van der Waals surface area (Å²) in [6.07, 6.45) is 6.39. The van der Waals surface area contributed by atoms with Gasteiger partial charge in [0.1, 0.15) is 25.5 Å². The Morgan fingerprint density at radius 2 is 1.38 bits per heavy atom. The van der Waals surface area contributed by atoms with Crippen LogP contribution in [0.15, 0.2) is 73.3 Å². The maximum absolute atomic E-state index is 10.7. The van der Waals surface area contributed by atoms with Gasteiger partial charge in [-0.05, 0) is 16.7 Å². The standard InChI is InChI=1S/C18H17Br2N2.F6P/c19-18(20)17-8-6-16(7-9-17)13-22-11-10-21(14-22)12-15-4-2-1-3-5-15;1-7(2,3,4,5)6/h1-11,14,18H,12-13H2;/q+1;-1. The van der Waals surface area contributed by atoms with E-state index < -0.39 is 7.81 Å². The fraction of sp³-hybridized carbons (Fsp3) is 0.167. The molecule has 0 aliphatic carbocycles. The van der Waals surface area contributed by atoms with Gasteiger partial charge in [-0.3, -0.25) is 0 Å². The third kappa shape index (κ3) is 11.4. The number of alkyl halides is 2. The van der Waals surface area contributed by atoms with E-state index in [0.29, 0.717) is 0 Å². The van der Waals surface area contributed by atoms with Gasteiger partial charge in [-0.25, -0.2) is 9.13 Å². The first-order valence-electron chi connectivity index (χ1n) is 8.18. The van der Waals surface area contributed by atoms with Crippen LogP contribution in [0.1, 0.15) is 20.4 Å². The van der Waals surface area contributed by atoms with Crippen molar-refractivity contribution in [2.45, 2.75) is 16.8 Å². The average molecular weight is 566 g/mol. The van der Waals surface area contributed by atoms with Gasteiger partial charge in [0.15, 0.2) is 0 Å². The quantitative estimate of drug-likeness (QED) is 0.128. The number of imidazole rings is 1. The Hall–Kier alpha value is -1.38. The molecule has 0 radical (unpaired) electrons. The predicted molar refractivity (Wildman–Crippen MR) is 110 cm³/mol. The van der Waals surface area contributed by atoms with E-state index in [1.165, 1.54) is 16.7 Å². The summed E-state index contributed by atoms with van der Waals surface area (Å²) in [5, 5.41) is 0. The second kappa shape index (κ2) is 8.40. The van der Waals surface area contributed by atoms with Crippen molar-refractivity contribution in [2.75, 3.05) is 0 Å². The van der Waals surface area contributed by atoms with Crippen molar-refractivity contribution in [1.82, 2.24) is 4.57 Å². The van der Waals surface area contributed by atoms with Crippen molar-refractivity contribution >= 4 is 39.7 Å². The third-order valence-electron chi connectivity index (χ3n) is 3.55. The third-order valence-corrected chi connectivity index (χ3v) is 4.61. The van der Waals surface area contributed by atoms with E-state index in [-0.39, 0.29) is 3.74 Å². The first-order valence-corrected chi connectivity index (χ1v) is 12.0. The molecule has 0 amide bonds. The molecule has 1 aromatic heterocycles. The predicted octanol–water partition coefficient (Wildman–Crippen LogP) is 8.04. The number of benzene rings is 2. The first-order chi connectivity index (χ1) is 13.2. The summed E-state index contributed by atoms with van der Waals surface area (Å²) in [7, 11) is -10.7. The molecule has 0 unspecified atom stereocenters. The molecule has 0 spiro atoms. The Morgan fingerprint density at radius 1 is 0.828 bits per heavy atom. The zero-order chi connectivity index (χ0) is 21.8. The number of halogens is 8. The molecule has 11 heteroatoms. The minimum atomic E-state index is -10.7. The van der Waals surface area contributed by atoms with Crippen LogP contribution in [0.4, 0.5) is 25.2 Å². The fourth-order valence-corrected chi connectivity index (χ4v) is 3.01. The fourth-order valence-electron chi connectivity index (χ4n) is 2.40. The van der Waals surface area contributed by atoms with Gasteiger partial charge in [-0.2, -0.15) is 0 Å². The van der Waals surface area contributed by atoms with Crippen LogP contribution in [0.25, 0.3) is 0 Å². The molecule has 0 aliphatic rings. The Balaban J connectivity index is 0.000000370. The summed E-state index contributed by atoms with van der Waals surface area (Å²) in [6.45, 7) is 1.79. The van der Waals surface area contributed by atoms with Crippen LogP contribution in [0.2, 0.25) is 0 Å². The monoisotopic (exact) mass is 564 g/mol. The number of hydrogen-bond donors (Lipinski definition) is 0. The van der Waals surface area contributed by atoms with Crippen molar-refractivity contribution in [3.63, 3.8) is 0 Å². The Kier molecular flexibility index (Phi) is 6.92. The molecular weight excluding hydrogens is 549 g/mol. The van der Waals surface area contributed by atoms with Crippen LogP contribution < -0.4 is 4.57 Å². The van der Waals surface area contributed by atoms with Crippen molar-refractivity contribution in [3.8, 4) is 0 Å². The second-order valence-electron chi connectivity index (χ2n) is 6.24. The molecule has 0 fully saturated rings. The van der Waals surface area contributed by atoms with Gasteiger partial charge in [0.2, 0.25) is 6.33 Å². The molecule has 0 N–H and O–H groups in total. The van der Waals surface area contributed by atoms with E-state index >= 15 is 0 Å². The number of nitrogens with zero attached hydrogens (tertiary/aromatic N) is 2. The van der Waals surface area contributed by atoms with Gasteiger partial charge >= 0.3 is 33.0 Å². The van der Waals surface area contributed by atoms with E-state index in [1.54, 1.807) is 0 Å². The van der Waals surface area contributed by atoms with Crippen molar-refractivity contribution in [2.24, 2.45) is 0 Å². The number of rotatable bonds is 5. The maximum atomic E-state index is 9.87. The molecule has 3 aromatic rings. The Bertz CT molecular complexity index is 915. The van der Waals surface area contributed by atoms with Crippen LogP contribution in [0.3, 0.4) is 0 Å². The van der Waals surface area contributed by atoms with Crippen LogP contribution in [-0.4, -0.2) is 4.57 Å². The van der Waals surface area contributed by atoms with Crippen LogP contribution in [0, 0.1) is 0 Å². The van der Waals surface area contributed by atoms with Crippen molar-refractivity contribution in [3.05, 3.63) is 90.0 Å². The van der Waals surface area contributed by atoms with Gasteiger partial charge in [0.25, 0.3) is 0 Å². The van der Waals surface area contributed by atoms with Crippen molar-refractivity contribution in [1.29, 1.82) is 0 Å². The normalized spacial score (nSPS) is 14.0. The summed E-state index contributed by atoms with van der Waals surface area (Å²) in [4.78, 5) is 0. The van der Waals surface area contributed by atoms with Gasteiger partial charge in [0, 0.05) is 0 Å². The molecule has 0 bridgehead atoms. The molecule has 29 heavy (non-hydrogen) atoms. The van der Waals surface area contributed by atoms with E-state index in [2.05, 4.69) is 108 Å². The van der Waals surface area contributed by atoms with Crippen LogP contribution in [-0.2, 0) is 13.1 Å². The van der Waals surface area contributed by atoms with Crippen molar-refractivity contribution < 1.29 is 29.7 Å². The molecule has 160 valence electrons. The average Bonchev–Trinajstić information content (AvgIpc) is 3.00. The van der Waals surface area contributed by atoms with E-state index in [9.17, 15) is 25.2 Å². The number of hydrogen-bond acceptors (Lipinski definition) is 0. The van der Waals surface area contributed by atoms with Gasteiger partial charge < -0.3 is 0 Å². The summed E-state index contributed by atoms with van der Waals surface area (Å²) in [6, 6.07) is 19.1. The van der Waals surface area contributed by atoms with E-state index in [4.69, 9.17) is 0 Å². The molecule has 3 rings (SSSR count). The molecule has 1 heterocycles. The van der Waals surface area contributed by atoms with Gasteiger partial charge in [-0.15, -0.1) is 0 Å². The topological polar surface area (TPSA) is 8.81 Å². The summed E-state index contributed by atoms with van der Waals surface area (Å²) in [5.74, 6) is 0. The Morgan fingerprint density at radius 3 is 1.90 bits per heavy atom. The van der Waals surface area contributed by atoms with Gasteiger partial charge in [-0.1, -0.05) is 86.5 Å². The summed E-state index contributed by atoms with van der Waals surface area (Å²) in [5.41, 5.74) is 3.84. The molecule has 0 saturated carbocycles. The zero-order valence-electron chi connectivity index (χ0n) is 14.8. The Labute approximate surface area is 180 Å². The summed E-state index contributed by atoms with van der Waals surface area (Å²) < 4.78 is 63.8. The molecule has 2 nitrogen and oxygen atoms in total. The van der Waals surface area contributed by atoms with Gasteiger partial charge in [0.05, 0.1) is 3.74 Å². The van der Waals surface area contributed by atoms with Crippen LogP contribution in [0.5, 0.6) is 0 Å². The van der Waals surface area contributed by atoms with Crippen LogP contribution >= 0.6 is 39.7 Å². The molecular formula is C18H17Br2F6N2P. The molecule has 2 aromatic carbocycles. The summed E-state index contributed by atoms with van der Waals surface area (Å²) >= 11 is 7.03. The number of aromatic nitrogens is 2. The zero-order valence-corrected chi connectivity index (χ0v) is 18.9. The molecule has 0 saturated heterocycles. The van der Waals surface area contributed by atoms with E-state index in [1.807, 2.05) is 6.07 Å². The van der Waals surface area contributed by atoms with E-state index in [0.717, 1.165) is 13.1 Å².